The van der Waals surface area contributed by atoms with Crippen LogP contribution in [0.4, 0.5) is 0 Å². The summed E-state index contributed by atoms with van der Waals surface area (Å²) in [4.78, 5) is 11.0. The van der Waals surface area contributed by atoms with Gasteiger partial charge < -0.3 is 0 Å². The minimum Gasteiger partial charge on any atom is -0.298 e. The zero-order valence-electron chi connectivity index (χ0n) is 14.1. The molecule has 0 bridgehead atoms. The Balaban J connectivity index is 1.69. The summed E-state index contributed by atoms with van der Waals surface area (Å²) in [6.45, 7) is 0. The van der Waals surface area contributed by atoms with E-state index >= 15 is 0 Å². The van der Waals surface area contributed by atoms with Crippen molar-refractivity contribution in [2.24, 2.45) is 0 Å². The Morgan fingerprint density at radius 2 is 1.04 bits per heavy atom. The summed E-state index contributed by atoms with van der Waals surface area (Å²) in [6, 6.07) is 29.3. The van der Waals surface area contributed by atoms with Gasteiger partial charge >= 0.3 is 0 Å². The van der Waals surface area contributed by atoms with E-state index in [2.05, 4.69) is 72.8 Å². The summed E-state index contributed by atoms with van der Waals surface area (Å²) in [5.41, 5.74) is 8.30. The van der Waals surface area contributed by atoms with E-state index in [4.69, 9.17) is 0 Å². The van der Waals surface area contributed by atoms with Crippen molar-refractivity contribution in [1.29, 1.82) is 0 Å². The first-order valence-corrected chi connectivity index (χ1v) is 8.73. The molecule has 0 fully saturated rings. The van der Waals surface area contributed by atoms with Gasteiger partial charge in [0.25, 0.3) is 0 Å². The smallest absolute Gasteiger partial charge is 0.150 e. The van der Waals surface area contributed by atoms with Crippen LogP contribution in [0, 0.1) is 0 Å². The summed E-state index contributed by atoms with van der Waals surface area (Å²) >= 11 is 0. The third-order valence-corrected chi connectivity index (χ3v) is 5.06. The van der Waals surface area contributed by atoms with Crippen molar-refractivity contribution in [2.75, 3.05) is 0 Å². The fourth-order valence-electron chi connectivity index (χ4n) is 3.82. The van der Waals surface area contributed by atoms with Crippen LogP contribution in [0.25, 0.3) is 33.5 Å². The largest absolute Gasteiger partial charge is 0.298 e. The second kappa shape index (κ2) is 5.82. The molecule has 0 saturated carbocycles. The zero-order valence-corrected chi connectivity index (χ0v) is 14.1. The first kappa shape index (κ1) is 14.9. The van der Waals surface area contributed by atoms with E-state index in [0.29, 0.717) is 5.56 Å². The molecular weight excluding hydrogens is 316 g/mol. The number of hydrogen-bond donors (Lipinski definition) is 0. The van der Waals surface area contributed by atoms with Gasteiger partial charge in [-0.25, -0.2) is 0 Å². The third-order valence-electron chi connectivity index (χ3n) is 5.06. The lowest BCUT2D eigenvalue weighted by Gasteiger charge is -2.05. The fourth-order valence-corrected chi connectivity index (χ4v) is 3.82. The Morgan fingerprint density at radius 3 is 1.62 bits per heavy atom. The molecule has 1 heteroatoms. The van der Waals surface area contributed by atoms with E-state index in [9.17, 15) is 4.79 Å². The lowest BCUT2D eigenvalue weighted by atomic mass is 9.99. The van der Waals surface area contributed by atoms with Crippen molar-refractivity contribution in [3.8, 4) is 11.1 Å². The Morgan fingerprint density at radius 1 is 0.538 bits per heavy atom. The molecule has 5 rings (SSSR count). The summed E-state index contributed by atoms with van der Waals surface area (Å²) in [5.74, 6) is 0. The lowest BCUT2D eigenvalue weighted by Crippen LogP contribution is -1.84. The molecule has 26 heavy (non-hydrogen) atoms. The molecule has 1 aliphatic rings. The summed E-state index contributed by atoms with van der Waals surface area (Å²) in [7, 11) is 0. The molecule has 0 amide bonds. The van der Waals surface area contributed by atoms with Crippen LogP contribution in [0.5, 0.6) is 0 Å². The minimum atomic E-state index is 0.710. The highest BCUT2D eigenvalue weighted by Crippen LogP contribution is 2.44. The summed E-state index contributed by atoms with van der Waals surface area (Å²) in [5, 5.41) is 2.23. The van der Waals surface area contributed by atoms with E-state index in [1.165, 1.54) is 27.8 Å². The van der Waals surface area contributed by atoms with Gasteiger partial charge in [-0.1, -0.05) is 72.8 Å². The molecule has 0 radical (unpaired) electrons. The Labute approximate surface area is 152 Å². The van der Waals surface area contributed by atoms with E-state index in [-0.39, 0.29) is 0 Å². The van der Waals surface area contributed by atoms with Gasteiger partial charge in [0.05, 0.1) is 0 Å². The molecule has 0 atom stereocenters. The number of carbonyl (C=O) groups is 1. The zero-order chi connectivity index (χ0) is 17.5. The van der Waals surface area contributed by atoms with Crippen molar-refractivity contribution in [1.82, 2.24) is 0 Å². The SMILES string of the molecule is O=Cc1ccc2cc(C=C3c4ccccc4-c4ccccc43)ccc2c1. The van der Waals surface area contributed by atoms with Crippen LogP contribution in [0.3, 0.4) is 0 Å². The third kappa shape index (κ3) is 2.29. The van der Waals surface area contributed by atoms with E-state index in [0.717, 1.165) is 22.6 Å². The molecule has 0 aromatic heterocycles. The molecule has 1 nitrogen and oxygen atoms in total. The highest BCUT2D eigenvalue weighted by molar-refractivity contribution is 6.07. The molecule has 0 N–H and O–H groups in total. The molecule has 0 unspecified atom stereocenters. The number of hydrogen-bond acceptors (Lipinski definition) is 1. The highest BCUT2D eigenvalue weighted by Gasteiger charge is 2.22. The quantitative estimate of drug-likeness (QED) is 0.351. The van der Waals surface area contributed by atoms with Crippen molar-refractivity contribution >= 4 is 28.7 Å². The van der Waals surface area contributed by atoms with Crippen molar-refractivity contribution in [2.45, 2.75) is 0 Å². The number of rotatable bonds is 2. The molecule has 0 saturated heterocycles. The van der Waals surface area contributed by atoms with Crippen LogP contribution in [-0.2, 0) is 0 Å². The van der Waals surface area contributed by atoms with Crippen LogP contribution < -0.4 is 0 Å². The van der Waals surface area contributed by atoms with Crippen molar-refractivity contribution in [3.05, 3.63) is 107 Å². The lowest BCUT2D eigenvalue weighted by molar-refractivity contribution is 0.112. The first-order chi connectivity index (χ1) is 12.8. The number of carbonyl (C=O) groups excluding carboxylic acids is 1. The second-order valence-electron chi connectivity index (χ2n) is 6.63. The molecule has 122 valence electrons. The number of fused-ring (bicyclic) bond motifs is 4. The number of benzene rings is 4. The minimum absolute atomic E-state index is 0.710. The summed E-state index contributed by atoms with van der Waals surface area (Å²) < 4.78 is 0. The molecule has 4 aromatic rings. The van der Waals surface area contributed by atoms with Gasteiger partial charge in [-0.2, -0.15) is 0 Å². The molecule has 0 heterocycles. The maximum atomic E-state index is 11.0. The number of aldehydes is 1. The van der Waals surface area contributed by atoms with Crippen LogP contribution in [-0.4, -0.2) is 6.29 Å². The van der Waals surface area contributed by atoms with Gasteiger partial charge in [-0.3, -0.25) is 4.79 Å². The Hall–Kier alpha value is -3.45. The van der Waals surface area contributed by atoms with Crippen LogP contribution in [0.15, 0.2) is 84.9 Å². The topological polar surface area (TPSA) is 17.1 Å². The molecule has 0 spiro atoms. The van der Waals surface area contributed by atoms with E-state index in [1.54, 1.807) is 0 Å². The van der Waals surface area contributed by atoms with Gasteiger partial charge in [0.15, 0.2) is 0 Å². The van der Waals surface area contributed by atoms with Gasteiger partial charge in [0.1, 0.15) is 6.29 Å². The van der Waals surface area contributed by atoms with Crippen LogP contribution in [0.1, 0.15) is 27.0 Å². The van der Waals surface area contributed by atoms with Crippen molar-refractivity contribution in [3.63, 3.8) is 0 Å². The predicted octanol–water partition coefficient (Wildman–Crippen LogP) is 6.22. The molecule has 1 aliphatic carbocycles. The van der Waals surface area contributed by atoms with Gasteiger partial charge in [0, 0.05) is 5.56 Å². The van der Waals surface area contributed by atoms with Crippen molar-refractivity contribution < 1.29 is 4.79 Å². The average molecular weight is 332 g/mol. The average Bonchev–Trinajstić information content (AvgIpc) is 3.02. The standard InChI is InChI=1S/C25H16O/c26-16-18-10-12-19-13-17(9-11-20(19)14-18)15-25-23-7-3-1-5-21(23)22-6-2-4-8-24(22)25/h1-16H. The van der Waals surface area contributed by atoms with E-state index < -0.39 is 0 Å². The van der Waals surface area contributed by atoms with Crippen LogP contribution >= 0.6 is 0 Å². The maximum Gasteiger partial charge on any atom is 0.150 e. The maximum absolute atomic E-state index is 11.0. The normalized spacial score (nSPS) is 11.9. The Bertz CT molecular complexity index is 1150. The Kier molecular flexibility index (Phi) is 3.32. The van der Waals surface area contributed by atoms with Gasteiger partial charge in [0.2, 0.25) is 0 Å². The first-order valence-electron chi connectivity index (χ1n) is 8.73. The van der Waals surface area contributed by atoms with Crippen LogP contribution in [0.2, 0.25) is 0 Å². The molecular formula is C25H16O. The predicted molar refractivity (Wildman–Crippen MR) is 108 cm³/mol. The van der Waals surface area contributed by atoms with Gasteiger partial charge in [-0.15, -0.1) is 0 Å². The highest BCUT2D eigenvalue weighted by atomic mass is 16.1. The van der Waals surface area contributed by atoms with E-state index in [1.807, 2.05) is 18.2 Å². The molecule has 4 aromatic carbocycles. The monoisotopic (exact) mass is 332 g/mol. The second-order valence-corrected chi connectivity index (χ2v) is 6.63. The fraction of sp³-hybridized carbons (Fsp3) is 0. The molecule has 0 aliphatic heterocycles. The summed E-state index contributed by atoms with van der Waals surface area (Å²) in [6.07, 6.45) is 3.15. The van der Waals surface area contributed by atoms with Gasteiger partial charge in [-0.05, 0) is 62.4 Å².